The highest BCUT2D eigenvalue weighted by Gasteiger charge is 2.18. The zero-order chi connectivity index (χ0) is 21.3. The Morgan fingerprint density at radius 1 is 1.10 bits per heavy atom. The lowest BCUT2D eigenvalue weighted by Crippen LogP contribution is -2.14. The average molecular weight is 463 g/mol. The van der Waals surface area contributed by atoms with Gasteiger partial charge in [-0.3, -0.25) is 19.9 Å². The van der Waals surface area contributed by atoms with E-state index in [0.29, 0.717) is 33.4 Å². The van der Waals surface area contributed by atoms with E-state index in [1.54, 1.807) is 37.5 Å². The number of anilines is 1. The second-order valence-corrected chi connectivity index (χ2v) is 7.53. The van der Waals surface area contributed by atoms with Crippen LogP contribution in [0.25, 0.3) is 22.2 Å². The highest BCUT2D eigenvalue weighted by atomic mass is 79.9. The average Bonchev–Trinajstić information content (AvgIpc) is 2.74. The number of carbonyl (C=O) groups excluding carboxylic acids is 1. The Morgan fingerprint density at radius 2 is 1.87 bits per heavy atom. The van der Waals surface area contributed by atoms with Crippen LogP contribution in [-0.4, -0.2) is 20.8 Å². The lowest BCUT2D eigenvalue weighted by molar-refractivity contribution is -0.385. The normalized spacial score (nSPS) is 10.7. The molecule has 4 rings (SSSR count). The molecular formula is C22H15BrN4O3. The summed E-state index contributed by atoms with van der Waals surface area (Å²) in [6, 6.07) is 15.5. The molecule has 0 saturated heterocycles. The van der Waals surface area contributed by atoms with Crippen LogP contribution >= 0.6 is 15.9 Å². The molecule has 7 nitrogen and oxygen atoms in total. The van der Waals surface area contributed by atoms with Gasteiger partial charge in [-0.1, -0.05) is 22.0 Å². The van der Waals surface area contributed by atoms with Crippen molar-refractivity contribution in [2.24, 2.45) is 0 Å². The van der Waals surface area contributed by atoms with E-state index in [-0.39, 0.29) is 11.6 Å². The zero-order valence-electron chi connectivity index (χ0n) is 15.8. The fraction of sp³-hybridized carbons (Fsp3) is 0.0455. The highest BCUT2D eigenvalue weighted by Crippen LogP contribution is 2.29. The summed E-state index contributed by atoms with van der Waals surface area (Å²) < 4.78 is 0.814. The van der Waals surface area contributed by atoms with Gasteiger partial charge in [0.15, 0.2) is 0 Å². The van der Waals surface area contributed by atoms with Gasteiger partial charge in [0.1, 0.15) is 0 Å². The van der Waals surface area contributed by atoms with Crippen molar-refractivity contribution in [2.45, 2.75) is 6.92 Å². The molecule has 0 spiro atoms. The van der Waals surface area contributed by atoms with Crippen molar-refractivity contribution >= 4 is 44.1 Å². The molecule has 0 aliphatic carbocycles. The van der Waals surface area contributed by atoms with Crippen LogP contribution in [0.1, 0.15) is 15.9 Å². The molecule has 2 aromatic heterocycles. The van der Waals surface area contributed by atoms with Gasteiger partial charge in [-0.15, -0.1) is 0 Å². The number of fused-ring (bicyclic) bond motifs is 1. The predicted octanol–water partition coefficient (Wildman–Crippen LogP) is 5.53. The SMILES string of the molecule is Cc1c(NC(=O)c2cc(-c3ccncc3)nc3ccc(Br)cc23)cccc1[N+](=O)[O-]. The number of hydrogen-bond donors (Lipinski definition) is 1. The third-order valence-electron chi connectivity index (χ3n) is 4.74. The number of pyridine rings is 2. The summed E-state index contributed by atoms with van der Waals surface area (Å²) in [5.41, 5.74) is 3.27. The molecule has 0 aliphatic heterocycles. The van der Waals surface area contributed by atoms with E-state index in [0.717, 1.165) is 10.0 Å². The first-order valence-corrected chi connectivity index (χ1v) is 9.79. The second kappa shape index (κ2) is 8.00. The molecule has 2 heterocycles. The molecule has 0 radical (unpaired) electrons. The first-order chi connectivity index (χ1) is 14.4. The molecule has 30 heavy (non-hydrogen) atoms. The van der Waals surface area contributed by atoms with Crippen LogP contribution in [0.15, 0.2) is 71.5 Å². The third-order valence-corrected chi connectivity index (χ3v) is 5.23. The van der Waals surface area contributed by atoms with Crippen molar-refractivity contribution in [3.63, 3.8) is 0 Å². The maximum absolute atomic E-state index is 13.2. The Labute approximate surface area is 180 Å². The van der Waals surface area contributed by atoms with Crippen molar-refractivity contribution in [3.8, 4) is 11.3 Å². The number of nitrogens with one attached hydrogen (secondary N) is 1. The second-order valence-electron chi connectivity index (χ2n) is 6.61. The minimum atomic E-state index is -0.467. The van der Waals surface area contributed by atoms with Crippen LogP contribution in [0, 0.1) is 17.0 Å². The van der Waals surface area contributed by atoms with Gasteiger partial charge < -0.3 is 5.32 Å². The maximum atomic E-state index is 13.2. The first kappa shape index (κ1) is 19.7. The predicted molar refractivity (Wildman–Crippen MR) is 118 cm³/mol. The summed E-state index contributed by atoms with van der Waals surface area (Å²) in [6.07, 6.45) is 3.32. The fourth-order valence-corrected chi connectivity index (χ4v) is 3.56. The summed E-state index contributed by atoms with van der Waals surface area (Å²) in [4.78, 5) is 32.7. The number of carbonyl (C=O) groups is 1. The Morgan fingerprint density at radius 3 is 2.60 bits per heavy atom. The lowest BCUT2D eigenvalue weighted by Gasteiger charge is -2.12. The molecule has 148 valence electrons. The summed E-state index contributed by atoms with van der Waals surface area (Å²) in [6.45, 7) is 1.61. The highest BCUT2D eigenvalue weighted by molar-refractivity contribution is 9.10. The summed E-state index contributed by atoms with van der Waals surface area (Å²) in [5, 5.41) is 14.7. The van der Waals surface area contributed by atoms with Crippen LogP contribution < -0.4 is 5.32 Å². The molecular weight excluding hydrogens is 448 g/mol. The number of amides is 1. The number of rotatable bonds is 4. The molecule has 0 atom stereocenters. The number of nitro benzene ring substituents is 1. The number of hydrogen-bond acceptors (Lipinski definition) is 5. The molecule has 0 fully saturated rings. The van der Waals surface area contributed by atoms with Crippen LogP contribution in [0.2, 0.25) is 0 Å². The Bertz CT molecular complexity index is 1290. The largest absolute Gasteiger partial charge is 0.321 e. The molecule has 0 aliphatic rings. The van der Waals surface area contributed by atoms with Crippen LogP contribution in [-0.2, 0) is 0 Å². The van der Waals surface area contributed by atoms with Gasteiger partial charge in [-0.2, -0.15) is 0 Å². The van der Waals surface area contributed by atoms with Crippen LogP contribution in [0.5, 0.6) is 0 Å². The molecule has 0 bridgehead atoms. The minimum Gasteiger partial charge on any atom is -0.321 e. The molecule has 1 amide bonds. The third kappa shape index (κ3) is 3.77. The van der Waals surface area contributed by atoms with Gasteiger partial charge in [0.25, 0.3) is 11.6 Å². The Kier molecular flexibility index (Phi) is 5.24. The van der Waals surface area contributed by atoms with E-state index in [1.165, 1.54) is 6.07 Å². The van der Waals surface area contributed by atoms with Gasteiger partial charge in [-0.05, 0) is 49.4 Å². The molecule has 0 unspecified atom stereocenters. The van der Waals surface area contributed by atoms with Crippen molar-refractivity contribution in [2.75, 3.05) is 5.32 Å². The van der Waals surface area contributed by atoms with E-state index >= 15 is 0 Å². The monoisotopic (exact) mass is 462 g/mol. The number of nitro groups is 1. The van der Waals surface area contributed by atoms with Gasteiger partial charge in [0.2, 0.25) is 0 Å². The van der Waals surface area contributed by atoms with Crippen LogP contribution in [0.4, 0.5) is 11.4 Å². The van der Waals surface area contributed by atoms with Crippen LogP contribution in [0.3, 0.4) is 0 Å². The maximum Gasteiger partial charge on any atom is 0.274 e. The van der Waals surface area contributed by atoms with E-state index in [1.807, 2.05) is 30.3 Å². The zero-order valence-corrected chi connectivity index (χ0v) is 17.4. The smallest absolute Gasteiger partial charge is 0.274 e. The molecule has 0 saturated carbocycles. The van der Waals surface area contributed by atoms with Crippen molar-refractivity contribution in [3.05, 3.63) is 92.7 Å². The number of aromatic nitrogens is 2. The molecule has 4 aromatic rings. The van der Waals surface area contributed by atoms with Gasteiger partial charge in [0, 0.05) is 33.9 Å². The number of nitrogens with zero attached hydrogens (tertiary/aromatic N) is 3. The summed E-state index contributed by atoms with van der Waals surface area (Å²) >= 11 is 3.44. The van der Waals surface area contributed by atoms with Gasteiger partial charge in [-0.25, -0.2) is 4.98 Å². The summed E-state index contributed by atoms with van der Waals surface area (Å²) in [7, 11) is 0. The number of halogens is 1. The Hall–Kier alpha value is -3.65. The van der Waals surface area contributed by atoms with Crippen molar-refractivity contribution in [1.29, 1.82) is 0 Å². The van der Waals surface area contributed by atoms with E-state index in [2.05, 4.69) is 31.2 Å². The minimum absolute atomic E-state index is 0.0485. The van der Waals surface area contributed by atoms with Crippen molar-refractivity contribution < 1.29 is 9.72 Å². The first-order valence-electron chi connectivity index (χ1n) is 9.00. The number of benzene rings is 2. The summed E-state index contributed by atoms with van der Waals surface area (Å²) in [5.74, 6) is -0.376. The molecule has 1 N–H and O–H groups in total. The fourth-order valence-electron chi connectivity index (χ4n) is 3.20. The van der Waals surface area contributed by atoms with E-state index in [4.69, 9.17) is 0 Å². The molecule has 2 aromatic carbocycles. The van der Waals surface area contributed by atoms with Gasteiger partial charge >= 0.3 is 0 Å². The quantitative estimate of drug-likeness (QED) is 0.317. The lowest BCUT2D eigenvalue weighted by atomic mass is 10.0. The van der Waals surface area contributed by atoms with Gasteiger partial charge in [0.05, 0.1) is 32.9 Å². The standard InChI is InChI=1S/C22H15BrN4O3/c1-13-18(3-2-4-21(13)27(29)30)26-22(28)17-12-20(14-7-9-24-10-8-14)25-19-6-5-15(23)11-16(17)19/h2-12H,1H3,(H,26,28). The van der Waals surface area contributed by atoms with Crippen molar-refractivity contribution in [1.82, 2.24) is 9.97 Å². The molecule has 8 heteroatoms. The van der Waals surface area contributed by atoms with E-state index in [9.17, 15) is 14.9 Å². The Balaban J connectivity index is 1.83. The van der Waals surface area contributed by atoms with E-state index < -0.39 is 4.92 Å². The topological polar surface area (TPSA) is 98.0 Å².